The van der Waals surface area contributed by atoms with Crippen molar-refractivity contribution >= 4 is 45.0 Å². The molecule has 1 N–H and O–H groups in total. The number of nitrogens with one attached hydrogen (secondary N) is 1. The Kier molecular flexibility index (Phi) is 9.45. The van der Waals surface area contributed by atoms with E-state index in [1.807, 2.05) is 50.2 Å². The second-order valence-corrected chi connectivity index (χ2v) is 11.3. The molecule has 0 saturated carbocycles. The molecule has 0 atom stereocenters. The molecular weight excluding hydrogens is 488 g/mol. The number of hydrogen-bond acceptors (Lipinski definition) is 4. The van der Waals surface area contributed by atoms with Crippen molar-refractivity contribution in [2.24, 2.45) is 0 Å². The number of benzene rings is 3. The van der Waals surface area contributed by atoms with Gasteiger partial charge in [0.15, 0.2) is 0 Å². The van der Waals surface area contributed by atoms with Crippen LogP contribution >= 0.6 is 23.4 Å². The maximum absolute atomic E-state index is 13.5. The van der Waals surface area contributed by atoms with Crippen molar-refractivity contribution in [2.75, 3.05) is 23.1 Å². The van der Waals surface area contributed by atoms with Crippen LogP contribution in [0, 0.1) is 6.92 Å². The molecule has 8 heteroatoms. The van der Waals surface area contributed by atoms with Crippen LogP contribution in [-0.2, 0) is 21.2 Å². The monoisotopic (exact) mass is 516 g/mol. The molecule has 3 rings (SSSR count). The number of aryl methyl sites for hydroxylation is 2. The molecule has 5 nitrogen and oxygen atoms in total. The molecule has 1 amide bonds. The van der Waals surface area contributed by atoms with Gasteiger partial charge in [-0.1, -0.05) is 54.4 Å². The van der Waals surface area contributed by atoms with E-state index in [1.54, 1.807) is 48.2 Å². The normalized spacial score (nSPS) is 11.3. The fourth-order valence-electron chi connectivity index (χ4n) is 3.40. The van der Waals surface area contributed by atoms with E-state index in [1.165, 1.54) is 4.31 Å². The third kappa shape index (κ3) is 7.01. The van der Waals surface area contributed by atoms with Gasteiger partial charge in [0.05, 0.1) is 10.6 Å². The lowest BCUT2D eigenvalue weighted by molar-refractivity contribution is -0.119. The third-order valence-corrected chi connectivity index (χ3v) is 8.39. The topological polar surface area (TPSA) is 66.5 Å². The van der Waals surface area contributed by atoms with Gasteiger partial charge in [-0.2, -0.15) is 0 Å². The molecular formula is C26H29ClN2O3S2. The summed E-state index contributed by atoms with van der Waals surface area (Å²) in [6, 6.07) is 21.6. The van der Waals surface area contributed by atoms with Gasteiger partial charge < -0.3 is 5.32 Å². The Balaban J connectivity index is 1.68. The van der Waals surface area contributed by atoms with Gasteiger partial charge in [0.2, 0.25) is 5.91 Å². The number of sulfonamides is 1. The Morgan fingerprint density at radius 2 is 1.68 bits per heavy atom. The van der Waals surface area contributed by atoms with Gasteiger partial charge in [-0.05, 0) is 73.5 Å². The minimum Gasteiger partial charge on any atom is -0.354 e. The Hall–Kier alpha value is -2.48. The largest absolute Gasteiger partial charge is 0.354 e. The lowest BCUT2D eigenvalue weighted by Crippen LogP contribution is -2.41. The second-order valence-electron chi connectivity index (χ2n) is 7.81. The molecule has 0 heterocycles. The SMILES string of the molecule is CCc1ccccc1N(CC(=O)NCCCSc1ccc(Cl)cc1)S(=O)(=O)c1ccc(C)cc1. The first-order chi connectivity index (χ1) is 16.3. The quantitative estimate of drug-likeness (QED) is 0.262. The lowest BCUT2D eigenvalue weighted by Gasteiger charge is -2.26. The average Bonchev–Trinajstić information content (AvgIpc) is 2.83. The molecule has 34 heavy (non-hydrogen) atoms. The fourth-order valence-corrected chi connectivity index (χ4v) is 5.84. The zero-order chi connectivity index (χ0) is 24.6. The summed E-state index contributed by atoms with van der Waals surface area (Å²) < 4.78 is 28.3. The summed E-state index contributed by atoms with van der Waals surface area (Å²) in [5, 5.41) is 3.57. The molecule has 0 aliphatic carbocycles. The maximum Gasteiger partial charge on any atom is 0.264 e. The first-order valence-corrected chi connectivity index (χ1v) is 13.9. The molecule has 3 aromatic carbocycles. The molecule has 0 saturated heterocycles. The molecule has 0 unspecified atom stereocenters. The van der Waals surface area contributed by atoms with Gasteiger partial charge in [-0.25, -0.2) is 8.42 Å². The lowest BCUT2D eigenvalue weighted by atomic mass is 10.1. The standard InChI is InChI=1S/C26H29ClN2O3S2/c1-3-21-7-4-5-8-25(21)29(34(31,32)24-15-9-20(2)10-16-24)19-26(30)28-17-6-18-33-23-13-11-22(27)12-14-23/h4-5,7-16H,3,6,17-19H2,1-2H3,(H,28,30). The van der Waals surface area contributed by atoms with Crippen molar-refractivity contribution in [3.8, 4) is 0 Å². The maximum atomic E-state index is 13.5. The van der Waals surface area contributed by atoms with E-state index in [0.717, 1.165) is 28.2 Å². The highest BCUT2D eigenvalue weighted by molar-refractivity contribution is 7.99. The summed E-state index contributed by atoms with van der Waals surface area (Å²) in [5.41, 5.74) is 2.36. The van der Waals surface area contributed by atoms with Crippen molar-refractivity contribution < 1.29 is 13.2 Å². The predicted octanol–water partition coefficient (Wildman–Crippen LogP) is 5.70. The summed E-state index contributed by atoms with van der Waals surface area (Å²) in [5.74, 6) is 0.490. The fraction of sp³-hybridized carbons (Fsp3) is 0.269. The average molecular weight is 517 g/mol. The highest BCUT2D eigenvalue weighted by Gasteiger charge is 2.28. The third-order valence-electron chi connectivity index (χ3n) is 5.26. The van der Waals surface area contributed by atoms with Crippen LogP contribution in [0.1, 0.15) is 24.5 Å². The highest BCUT2D eigenvalue weighted by Crippen LogP contribution is 2.27. The summed E-state index contributed by atoms with van der Waals surface area (Å²) in [4.78, 5) is 14.1. The predicted molar refractivity (Wildman–Crippen MR) is 141 cm³/mol. The molecule has 0 aliphatic rings. The molecule has 0 radical (unpaired) electrons. The summed E-state index contributed by atoms with van der Waals surface area (Å²) in [6.07, 6.45) is 1.41. The Morgan fingerprint density at radius 1 is 1.00 bits per heavy atom. The number of para-hydroxylation sites is 1. The number of thioether (sulfide) groups is 1. The molecule has 0 bridgehead atoms. The molecule has 3 aromatic rings. The minimum atomic E-state index is -3.92. The Morgan fingerprint density at radius 3 is 2.35 bits per heavy atom. The van der Waals surface area contributed by atoms with Gasteiger partial charge in [0, 0.05) is 16.5 Å². The van der Waals surface area contributed by atoms with E-state index in [-0.39, 0.29) is 17.3 Å². The van der Waals surface area contributed by atoms with Crippen molar-refractivity contribution in [3.63, 3.8) is 0 Å². The van der Waals surface area contributed by atoms with Crippen LogP contribution in [0.3, 0.4) is 0 Å². The number of amides is 1. The van der Waals surface area contributed by atoms with Crippen molar-refractivity contribution in [2.45, 2.75) is 36.5 Å². The zero-order valence-electron chi connectivity index (χ0n) is 19.3. The summed E-state index contributed by atoms with van der Waals surface area (Å²) >= 11 is 7.59. The number of carbonyl (C=O) groups excluding carboxylic acids is 1. The Bertz CT molecular complexity index is 1200. The summed E-state index contributed by atoms with van der Waals surface area (Å²) in [7, 11) is -3.92. The smallest absolute Gasteiger partial charge is 0.264 e. The first kappa shape index (κ1) is 26.1. The first-order valence-electron chi connectivity index (χ1n) is 11.1. The van der Waals surface area contributed by atoms with Crippen molar-refractivity contribution in [1.82, 2.24) is 5.32 Å². The number of carbonyl (C=O) groups is 1. The van der Waals surface area contributed by atoms with Gasteiger partial charge >= 0.3 is 0 Å². The van der Waals surface area contributed by atoms with Crippen LogP contribution < -0.4 is 9.62 Å². The number of halogens is 1. The van der Waals surface area contributed by atoms with E-state index in [0.29, 0.717) is 23.7 Å². The zero-order valence-corrected chi connectivity index (χ0v) is 21.7. The van der Waals surface area contributed by atoms with E-state index in [9.17, 15) is 13.2 Å². The van der Waals surface area contributed by atoms with Crippen LogP contribution in [-0.4, -0.2) is 33.2 Å². The molecule has 180 valence electrons. The van der Waals surface area contributed by atoms with Crippen molar-refractivity contribution in [1.29, 1.82) is 0 Å². The van der Waals surface area contributed by atoms with Gasteiger partial charge in [0.25, 0.3) is 10.0 Å². The number of rotatable bonds is 11. The van der Waals surface area contributed by atoms with Gasteiger partial charge in [-0.15, -0.1) is 11.8 Å². The van der Waals surface area contributed by atoms with Crippen LogP contribution in [0.15, 0.2) is 82.6 Å². The Labute approximate surface area is 211 Å². The van der Waals surface area contributed by atoms with E-state index < -0.39 is 10.0 Å². The number of hydrogen-bond donors (Lipinski definition) is 1. The minimum absolute atomic E-state index is 0.163. The molecule has 0 spiro atoms. The van der Waals surface area contributed by atoms with E-state index >= 15 is 0 Å². The molecule has 0 aliphatic heterocycles. The second kappa shape index (κ2) is 12.3. The van der Waals surface area contributed by atoms with Crippen LogP contribution in [0.2, 0.25) is 5.02 Å². The van der Waals surface area contributed by atoms with Gasteiger partial charge in [-0.3, -0.25) is 9.10 Å². The van der Waals surface area contributed by atoms with Gasteiger partial charge in [0.1, 0.15) is 6.54 Å². The molecule has 0 fully saturated rings. The van der Waals surface area contributed by atoms with E-state index in [4.69, 9.17) is 11.6 Å². The van der Waals surface area contributed by atoms with Crippen LogP contribution in [0.5, 0.6) is 0 Å². The number of anilines is 1. The molecule has 0 aromatic heterocycles. The van der Waals surface area contributed by atoms with Crippen LogP contribution in [0.25, 0.3) is 0 Å². The summed E-state index contributed by atoms with van der Waals surface area (Å²) in [6.45, 7) is 4.05. The van der Waals surface area contributed by atoms with E-state index in [2.05, 4.69) is 5.32 Å². The number of nitrogens with zero attached hydrogens (tertiary/aromatic N) is 1. The highest BCUT2D eigenvalue weighted by atomic mass is 35.5. The van der Waals surface area contributed by atoms with Crippen molar-refractivity contribution in [3.05, 3.63) is 88.9 Å². The van der Waals surface area contributed by atoms with Crippen LogP contribution in [0.4, 0.5) is 5.69 Å².